The van der Waals surface area contributed by atoms with Crippen molar-refractivity contribution in [3.8, 4) is 0 Å². The van der Waals surface area contributed by atoms with Gasteiger partial charge in [0.2, 0.25) is 5.95 Å². The van der Waals surface area contributed by atoms with E-state index in [0.717, 1.165) is 16.8 Å². The Balaban J connectivity index is 1.75. The molecule has 0 aliphatic heterocycles. The fourth-order valence-electron chi connectivity index (χ4n) is 3.06. The van der Waals surface area contributed by atoms with E-state index in [1.807, 2.05) is 19.9 Å². The summed E-state index contributed by atoms with van der Waals surface area (Å²) in [4.78, 5) is 4.51. The summed E-state index contributed by atoms with van der Waals surface area (Å²) in [5.74, 6) is 1.22. The van der Waals surface area contributed by atoms with Crippen molar-refractivity contribution in [3.63, 3.8) is 0 Å². The molecule has 0 atom stereocenters. The second-order valence-corrected chi connectivity index (χ2v) is 6.62. The van der Waals surface area contributed by atoms with Gasteiger partial charge in [0.05, 0.1) is 16.9 Å². The van der Waals surface area contributed by atoms with E-state index in [-0.39, 0.29) is 0 Å². The number of halogens is 1. The molecular formula is C17H22ClN5. The number of rotatable bonds is 4. The minimum atomic E-state index is 0.450. The molecular weight excluding hydrogens is 310 g/mol. The van der Waals surface area contributed by atoms with Crippen LogP contribution in [-0.4, -0.2) is 21.2 Å². The summed E-state index contributed by atoms with van der Waals surface area (Å²) in [5.41, 5.74) is 3.08. The van der Waals surface area contributed by atoms with Crippen LogP contribution in [-0.2, 0) is 0 Å². The van der Waals surface area contributed by atoms with Gasteiger partial charge in [-0.05, 0) is 43.9 Å². The van der Waals surface area contributed by atoms with Crippen molar-refractivity contribution in [2.75, 3.05) is 10.6 Å². The number of nitrogens with one attached hydrogen (secondary N) is 2. The highest BCUT2D eigenvalue weighted by Crippen LogP contribution is 2.29. The Hall–Kier alpha value is -1.88. The maximum absolute atomic E-state index is 6.34. The zero-order valence-electron chi connectivity index (χ0n) is 13.6. The van der Waals surface area contributed by atoms with E-state index < -0.39 is 0 Å². The molecule has 3 rings (SSSR count). The van der Waals surface area contributed by atoms with Gasteiger partial charge >= 0.3 is 0 Å². The number of hydrogen-bond acceptors (Lipinski definition) is 5. The van der Waals surface area contributed by atoms with Crippen molar-refractivity contribution in [3.05, 3.63) is 34.5 Å². The average molecular weight is 332 g/mol. The molecule has 0 bridgehead atoms. The van der Waals surface area contributed by atoms with E-state index in [2.05, 4.69) is 31.9 Å². The zero-order valence-corrected chi connectivity index (χ0v) is 14.3. The summed E-state index contributed by atoms with van der Waals surface area (Å²) in [6.07, 6.45) is 7.81. The van der Waals surface area contributed by atoms with Crippen LogP contribution < -0.4 is 10.6 Å². The third-order valence-corrected chi connectivity index (χ3v) is 4.48. The maximum Gasteiger partial charge on any atom is 0.244 e. The summed E-state index contributed by atoms with van der Waals surface area (Å²) < 4.78 is 0. The molecule has 5 nitrogen and oxygen atoms in total. The first kappa shape index (κ1) is 16.0. The Labute approximate surface area is 141 Å². The van der Waals surface area contributed by atoms with Gasteiger partial charge in [-0.2, -0.15) is 10.1 Å². The van der Waals surface area contributed by atoms with Crippen molar-refractivity contribution in [2.45, 2.75) is 52.0 Å². The predicted octanol–water partition coefficient (Wildman–Crippen LogP) is 4.63. The standard InChI is InChI=1S/C17H22ClN5/c1-11-8-12(2)16(14(18)9-11)21-15-10-19-23-17(22-15)20-13-6-4-3-5-7-13/h8-10,13H,3-7H2,1-2H3,(H2,20,21,22,23). The number of aromatic nitrogens is 3. The first-order valence-electron chi connectivity index (χ1n) is 8.12. The van der Waals surface area contributed by atoms with Crippen molar-refractivity contribution < 1.29 is 0 Å². The van der Waals surface area contributed by atoms with Gasteiger partial charge < -0.3 is 10.6 Å². The summed E-state index contributed by atoms with van der Waals surface area (Å²) in [6.45, 7) is 4.05. The van der Waals surface area contributed by atoms with Gasteiger partial charge in [-0.15, -0.1) is 5.10 Å². The fourth-order valence-corrected chi connectivity index (χ4v) is 3.42. The largest absolute Gasteiger partial charge is 0.350 e. The molecule has 1 aromatic heterocycles. The van der Waals surface area contributed by atoms with Gasteiger partial charge in [0, 0.05) is 6.04 Å². The molecule has 1 aliphatic rings. The van der Waals surface area contributed by atoms with Crippen LogP contribution in [0.15, 0.2) is 18.3 Å². The smallest absolute Gasteiger partial charge is 0.244 e. The lowest BCUT2D eigenvalue weighted by Crippen LogP contribution is -2.23. The molecule has 2 N–H and O–H groups in total. The minimum absolute atomic E-state index is 0.450. The molecule has 6 heteroatoms. The number of nitrogens with zero attached hydrogens (tertiary/aromatic N) is 3. The van der Waals surface area contributed by atoms with Crippen molar-refractivity contribution in [1.82, 2.24) is 15.2 Å². The van der Waals surface area contributed by atoms with Crippen LogP contribution in [0.1, 0.15) is 43.2 Å². The molecule has 0 amide bonds. The van der Waals surface area contributed by atoms with Crippen LogP contribution in [0.4, 0.5) is 17.5 Å². The highest BCUT2D eigenvalue weighted by atomic mass is 35.5. The number of aryl methyl sites for hydroxylation is 2. The van der Waals surface area contributed by atoms with Crippen LogP contribution in [0.5, 0.6) is 0 Å². The van der Waals surface area contributed by atoms with E-state index in [4.69, 9.17) is 11.6 Å². The molecule has 1 heterocycles. The summed E-state index contributed by atoms with van der Waals surface area (Å²) in [5, 5.41) is 15.5. The van der Waals surface area contributed by atoms with E-state index >= 15 is 0 Å². The van der Waals surface area contributed by atoms with Crippen LogP contribution in [0, 0.1) is 13.8 Å². The molecule has 1 saturated carbocycles. The molecule has 1 fully saturated rings. The first-order chi connectivity index (χ1) is 11.1. The zero-order chi connectivity index (χ0) is 16.2. The lowest BCUT2D eigenvalue weighted by atomic mass is 9.96. The van der Waals surface area contributed by atoms with Crippen LogP contribution in [0.25, 0.3) is 0 Å². The molecule has 122 valence electrons. The van der Waals surface area contributed by atoms with Gasteiger partial charge in [-0.25, -0.2) is 0 Å². The highest BCUT2D eigenvalue weighted by Gasteiger charge is 2.15. The summed E-state index contributed by atoms with van der Waals surface area (Å²) in [7, 11) is 0. The lowest BCUT2D eigenvalue weighted by molar-refractivity contribution is 0.460. The number of hydrogen-bond donors (Lipinski definition) is 2. The van der Waals surface area contributed by atoms with Gasteiger partial charge in [0.15, 0.2) is 5.82 Å². The van der Waals surface area contributed by atoms with E-state index in [1.165, 1.54) is 32.1 Å². The molecule has 1 aliphatic carbocycles. The number of anilines is 3. The monoisotopic (exact) mass is 331 g/mol. The number of benzene rings is 1. The van der Waals surface area contributed by atoms with Gasteiger partial charge in [-0.1, -0.05) is 36.9 Å². The topological polar surface area (TPSA) is 62.7 Å². The summed E-state index contributed by atoms with van der Waals surface area (Å²) in [6, 6.07) is 4.47. The maximum atomic E-state index is 6.34. The summed E-state index contributed by atoms with van der Waals surface area (Å²) >= 11 is 6.34. The third kappa shape index (κ3) is 4.10. The Bertz CT molecular complexity index is 659. The molecule has 2 aromatic rings. The normalized spacial score (nSPS) is 15.4. The quantitative estimate of drug-likeness (QED) is 0.855. The first-order valence-corrected chi connectivity index (χ1v) is 8.49. The molecule has 0 saturated heterocycles. The van der Waals surface area contributed by atoms with Crippen molar-refractivity contribution in [1.29, 1.82) is 0 Å². The van der Waals surface area contributed by atoms with Crippen molar-refractivity contribution >= 4 is 29.1 Å². The van der Waals surface area contributed by atoms with E-state index in [0.29, 0.717) is 22.8 Å². The highest BCUT2D eigenvalue weighted by molar-refractivity contribution is 6.33. The van der Waals surface area contributed by atoms with Crippen LogP contribution in [0.3, 0.4) is 0 Å². The SMILES string of the molecule is Cc1cc(C)c(Nc2cnnc(NC3CCCCC3)n2)c(Cl)c1. The van der Waals surface area contributed by atoms with Crippen LogP contribution in [0.2, 0.25) is 5.02 Å². The Morgan fingerprint density at radius 3 is 2.65 bits per heavy atom. The van der Waals surface area contributed by atoms with Gasteiger partial charge in [-0.3, -0.25) is 0 Å². The Kier molecular flexibility index (Phi) is 4.96. The minimum Gasteiger partial charge on any atom is -0.350 e. The fraction of sp³-hybridized carbons (Fsp3) is 0.471. The lowest BCUT2D eigenvalue weighted by Gasteiger charge is -2.22. The molecule has 1 aromatic carbocycles. The predicted molar refractivity (Wildman–Crippen MR) is 94.5 cm³/mol. The second-order valence-electron chi connectivity index (χ2n) is 6.21. The second kappa shape index (κ2) is 7.13. The van der Waals surface area contributed by atoms with Crippen LogP contribution >= 0.6 is 11.6 Å². The Morgan fingerprint density at radius 1 is 1.13 bits per heavy atom. The van der Waals surface area contributed by atoms with Gasteiger partial charge in [0.25, 0.3) is 0 Å². The third-order valence-electron chi connectivity index (χ3n) is 4.18. The molecule has 0 spiro atoms. The van der Waals surface area contributed by atoms with Gasteiger partial charge in [0.1, 0.15) is 0 Å². The van der Waals surface area contributed by atoms with E-state index in [9.17, 15) is 0 Å². The average Bonchev–Trinajstić information content (AvgIpc) is 2.52. The van der Waals surface area contributed by atoms with E-state index in [1.54, 1.807) is 6.20 Å². The Morgan fingerprint density at radius 2 is 1.91 bits per heavy atom. The molecule has 23 heavy (non-hydrogen) atoms. The van der Waals surface area contributed by atoms with Crippen molar-refractivity contribution in [2.24, 2.45) is 0 Å². The molecule has 0 radical (unpaired) electrons. The molecule has 0 unspecified atom stereocenters.